The summed E-state index contributed by atoms with van der Waals surface area (Å²) in [4.78, 5) is 46.9. The maximum Gasteiger partial charge on any atom is 0.286 e. The van der Waals surface area contributed by atoms with Crippen LogP contribution in [-0.4, -0.2) is 102 Å². The van der Waals surface area contributed by atoms with Gasteiger partial charge in [-0.15, -0.1) is 0 Å². The smallest absolute Gasteiger partial charge is 0.286 e. The van der Waals surface area contributed by atoms with Crippen LogP contribution in [-0.2, 0) is 17.3 Å². The van der Waals surface area contributed by atoms with Crippen molar-refractivity contribution in [3.8, 4) is 50.8 Å². The summed E-state index contributed by atoms with van der Waals surface area (Å²) in [5, 5.41) is 23.2. The number of aromatic nitrogens is 6. The van der Waals surface area contributed by atoms with Crippen molar-refractivity contribution in [1.82, 2.24) is 55.1 Å². The number of hydrogen-bond donors (Lipinski definition) is 2. The maximum absolute atomic E-state index is 15.1. The number of halogens is 9. The summed E-state index contributed by atoms with van der Waals surface area (Å²) < 4.78 is 7.38. The largest absolute Gasteiger partial charge is 0.291 e. The molecule has 726 valence electrons. The third-order valence-corrected chi connectivity index (χ3v) is 40.0. The second kappa shape index (κ2) is 35.9. The molecule has 0 radical (unpaired) electrons. The molecule has 0 bridgehead atoms. The number of benzene rings is 6. The molecule has 23 heteroatoms. The van der Waals surface area contributed by atoms with Crippen molar-refractivity contribution in [2.24, 2.45) is 59.6 Å². The maximum atomic E-state index is 15.1. The van der Waals surface area contributed by atoms with Crippen LogP contribution in [0.15, 0.2) is 136 Å². The van der Waals surface area contributed by atoms with E-state index in [1.54, 1.807) is 39.7 Å². The fourth-order valence-electron chi connectivity index (χ4n) is 21.6. The van der Waals surface area contributed by atoms with Gasteiger partial charge in [-0.1, -0.05) is 350 Å². The van der Waals surface area contributed by atoms with Gasteiger partial charge >= 0.3 is 0 Å². The Hall–Kier alpha value is -5.57. The van der Waals surface area contributed by atoms with Gasteiger partial charge in [0.25, 0.3) is 11.8 Å². The summed E-state index contributed by atoms with van der Waals surface area (Å²) in [6.07, 6.45) is 0.628. The van der Waals surface area contributed by atoms with Gasteiger partial charge in [0.1, 0.15) is 5.69 Å². The lowest BCUT2D eigenvalue weighted by atomic mass is 9.41. The minimum Gasteiger partial charge on any atom is -0.291 e. The SMILES string of the molecule is CC(C)(C)C(C)(C)c1c(C(=O)CN2C(C)(C)C(C)(C)C(C)(C)C(C)(C)C2(C)C)nn(-c2ccc(Cl)cc2Cl)c1-c1ccc(Br)cc1.CC(C)(C)Cc1c(C(=O)NN2C(C)(C)C(C)(C)C(C)(C)C(C)(C)C2(C)C)nn(-c2ccc(Cl)cc2Cl)c1-c1ccc(Br)cc1.CC(C)(C)c1c(C(=O)NN2C(C)(C)C(C)(C)C(C)(C)C(C)(C)C2(C)C)nn(-c2ccc(Cl)cc2Cl)c1-c1ccc(Cl)cc1. The highest BCUT2D eigenvalue weighted by Crippen LogP contribution is 2.70. The highest BCUT2D eigenvalue weighted by molar-refractivity contribution is 9.10. The number of hydrazine groups is 2. The topological polar surface area (TPSA) is 138 Å². The van der Waals surface area contributed by atoms with E-state index < -0.39 is 33.0 Å². The molecule has 2 amide bonds. The van der Waals surface area contributed by atoms with Crippen LogP contribution in [0.25, 0.3) is 50.8 Å². The Morgan fingerprint density at radius 1 is 0.331 bits per heavy atom. The Labute approximate surface area is 849 Å². The van der Waals surface area contributed by atoms with Crippen LogP contribution in [0, 0.1) is 59.6 Å². The molecule has 0 saturated carbocycles. The highest BCUT2D eigenvalue weighted by atomic mass is 79.9. The van der Waals surface area contributed by atoms with Crippen molar-refractivity contribution in [1.29, 1.82) is 0 Å². The van der Waals surface area contributed by atoms with Gasteiger partial charge in [0.2, 0.25) is 0 Å². The first kappa shape index (κ1) is 109. The number of carbonyl (C=O) groups excluding carboxylic acids is 3. The molecule has 3 aliphatic heterocycles. The molecule has 9 aromatic rings. The summed E-state index contributed by atoms with van der Waals surface area (Å²) in [6.45, 7) is 93.4. The molecule has 3 aromatic heterocycles. The molecule has 0 aliphatic carbocycles. The number of carbonyl (C=O) groups is 3. The summed E-state index contributed by atoms with van der Waals surface area (Å²) in [5.41, 5.74) is 13.3. The van der Waals surface area contributed by atoms with E-state index in [2.05, 4.69) is 354 Å². The van der Waals surface area contributed by atoms with Gasteiger partial charge in [0, 0.05) is 95.7 Å². The van der Waals surface area contributed by atoms with E-state index in [9.17, 15) is 9.59 Å². The first-order chi connectivity index (χ1) is 59.9. The quantitative estimate of drug-likeness (QED) is 0.0961. The van der Waals surface area contributed by atoms with Crippen molar-refractivity contribution in [3.63, 3.8) is 0 Å². The zero-order valence-corrected chi connectivity index (χ0v) is 95.7. The number of nitrogens with one attached hydrogen (secondary N) is 2. The molecular formula is C110H150Br2Cl7N11O3. The molecule has 3 fully saturated rings. The van der Waals surface area contributed by atoms with Crippen LogP contribution in [0.3, 0.4) is 0 Å². The standard InChI is InChI=1S/C39H54BrCl2N3O.C36H49BrCl2N4O.C35H47Cl3N4O/c1-33(2,3)34(4,5)30-31(29(46)23-44-38(12,13)36(8,9)35(6,7)37(10,11)39(44,14)15)43-45(28-21-20-26(41)22-27(28)42)32(30)24-16-18-25(40)19-17-24;1-31(2,3)21-25-28(30(44)41-43-35(10,11)33(6,7)32(4,5)34(8,9)36(43,12)13)40-42(27-19-18-24(38)20-26(27)39)29(25)22-14-16-23(37)17-15-22;1-30(2,3)26-27(29(43)40-42-34(10,11)32(6,7)31(4,5)33(8,9)35(42,12)13)39-41(25-19-18-23(37)20-24(25)38)28(26)21-14-16-22(36)17-15-21/h16-22H,23H2,1-15H3;14-20H,21H2,1-13H3,(H,41,44);14-20H,1-13H3,(H,40,43). The monoisotopic (exact) mass is 2080 g/mol. The first-order valence-corrected chi connectivity index (χ1v) is 50.8. The molecule has 3 aliphatic rings. The summed E-state index contributed by atoms with van der Waals surface area (Å²) >= 11 is 52.8. The Morgan fingerprint density at radius 3 is 0.910 bits per heavy atom. The Bertz CT molecular complexity index is 5840. The predicted octanol–water partition coefficient (Wildman–Crippen LogP) is 33.3. The van der Waals surface area contributed by atoms with Crippen LogP contribution in [0.2, 0.25) is 35.2 Å². The van der Waals surface area contributed by atoms with E-state index in [1.807, 2.05) is 89.6 Å². The number of likely N-dealkylation sites (tertiary alicyclic amines) is 1. The van der Waals surface area contributed by atoms with Crippen molar-refractivity contribution >= 4 is 131 Å². The second-order valence-electron chi connectivity index (χ2n) is 49.3. The number of amides is 2. The lowest BCUT2D eigenvalue weighted by Crippen LogP contribution is -2.80. The zero-order valence-electron chi connectivity index (χ0n) is 87.2. The van der Waals surface area contributed by atoms with Crippen molar-refractivity contribution in [2.45, 2.75) is 334 Å². The van der Waals surface area contributed by atoms with Crippen molar-refractivity contribution in [3.05, 3.63) is 205 Å². The number of piperidine rings is 3. The van der Waals surface area contributed by atoms with Gasteiger partial charge in [-0.2, -0.15) is 15.3 Å². The molecule has 14 nitrogen and oxygen atoms in total. The first-order valence-electron chi connectivity index (χ1n) is 46.5. The Kier molecular flexibility index (Phi) is 29.5. The fraction of sp³-hybridized carbons (Fsp3) is 0.564. The number of rotatable bonds is 15. The van der Waals surface area contributed by atoms with Crippen molar-refractivity contribution < 1.29 is 14.4 Å². The molecule has 2 N–H and O–H groups in total. The highest BCUT2D eigenvalue weighted by Gasteiger charge is 2.72. The fourth-order valence-corrected chi connectivity index (χ4v) is 23.8. The van der Waals surface area contributed by atoms with E-state index >= 15 is 4.79 Å². The molecule has 6 aromatic carbocycles. The summed E-state index contributed by atoms with van der Waals surface area (Å²) in [6, 6.07) is 39.9. The minimum atomic E-state index is -0.453. The molecule has 0 unspecified atom stereocenters. The number of Topliss-reactive ketones (excluding diaryl/α,β-unsaturated/α-hetero) is 1. The van der Waals surface area contributed by atoms with Crippen LogP contribution < -0.4 is 10.9 Å². The van der Waals surface area contributed by atoms with Gasteiger partial charge in [-0.25, -0.2) is 24.1 Å². The number of nitrogens with zero attached hydrogens (tertiary/aromatic N) is 9. The average Bonchev–Trinajstić information content (AvgIpc) is 1.38. The van der Waals surface area contributed by atoms with Crippen molar-refractivity contribution in [2.75, 3.05) is 6.54 Å². The lowest BCUT2D eigenvalue weighted by molar-refractivity contribution is -0.259. The predicted molar refractivity (Wildman–Crippen MR) is 570 cm³/mol. The Morgan fingerprint density at radius 2 is 0.602 bits per heavy atom. The number of hydrogen-bond acceptors (Lipinski definition) is 9. The molecule has 0 atom stereocenters. The van der Waals surface area contributed by atoms with Gasteiger partial charge < -0.3 is 0 Å². The van der Waals surface area contributed by atoms with E-state index in [-0.39, 0.29) is 94.8 Å². The van der Waals surface area contributed by atoms with E-state index in [0.717, 1.165) is 59.4 Å². The molecule has 133 heavy (non-hydrogen) atoms. The van der Waals surface area contributed by atoms with Gasteiger partial charge in [-0.05, 0) is 251 Å². The molecular weight excluding hydrogens is 1930 g/mol. The average molecular weight is 2080 g/mol. The van der Waals surface area contributed by atoms with Crippen LogP contribution >= 0.6 is 113 Å². The van der Waals surface area contributed by atoms with E-state index in [4.69, 9.17) is 96.5 Å². The summed E-state index contributed by atoms with van der Waals surface area (Å²) in [7, 11) is 0. The van der Waals surface area contributed by atoms with Crippen LogP contribution in [0.5, 0.6) is 0 Å². The van der Waals surface area contributed by atoms with E-state index in [1.165, 1.54) is 0 Å². The normalized spacial score (nSPS) is 20.5. The van der Waals surface area contributed by atoms with Gasteiger partial charge in [0.05, 0.1) is 55.8 Å². The lowest BCUT2D eigenvalue weighted by Gasteiger charge is -2.74. The van der Waals surface area contributed by atoms with Gasteiger partial charge in [0.15, 0.2) is 17.2 Å². The molecule has 6 heterocycles. The number of ketones is 1. The van der Waals surface area contributed by atoms with E-state index in [0.29, 0.717) is 75.7 Å². The third kappa shape index (κ3) is 18.0. The Balaban J connectivity index is 0.000000207. The molecule has 12 rings (SSSR count). The summed E-state index contributed by atoms with van der Waals surface area (Å²) in [5.74, 6) is -0.502. The minimum absolute atomic E-state index is 0.00183. The zero-order chi connectivity index (χ0) is 101. The third-order valence-electron chi connectivity index (χ3n) is 37.0. The molecule has 3 saturated heterocycles. The van der Waals surface area contributed by atoms with Crippen LogP contribution in [0.1, 0.15) is 332 Å². The van der Waals surface area contributed by atoms with Crippen LogP contribution in [0.4, 0.5) is 0 Å². The van der Waals surface area contributed by atoms with Gasteiger partial charge in [-0.3, -0.25) is 30.1 Å². The second-order valence-corrected chi connectivity index (χ2v) is 54.1. The molecule has 0 spiro atoms.